The molecule has 0 spiro atoms. The van der Waals surface area contributed by atoms with Crippen LogP contribution in [0.15, 0.2) is 34.3 Å². The molecule has 0 amide bonds. The van der Waals surface area contributed by atoms with E-state index in [0.29, 0.717) is 5.95 Å². The average molecular weight is 304 g/mol. The zero-order valence-corrected chi connectivity index (χ0v) is 13.3. The maximum Gasteiger partial charge on any atom is 0.224 e. The molecule has 0 aromatic carbocycles. The molecule has 0 bridgehead atoms. The standard InChI is InChI=1S/C13H14N4OS.C2H6/c1-14-5-6-15-13-16-9-4-8-19-12(9)11(17-13)10-3-2-7-18-10;1-2/h2-4,7-8,14H,5-6H2,1H3,(H,15,16,17);1-2H3. The molecule has 0 unspecified atom stereocenters. The fourth-order valence-electron chi connectivity index (χ4n) is 1.82. The van der Waals surface area contributed by atoms with E-state index in [4.69, 9.17) is 4.42 Å². The number of rotatable bonds is 5. The van der Waals surface area contributed by atoms with E-state index in [-0.39, 0.29) is 0 Å². The molecule has 5 nitrogen and oxygen atoms in total. The van der Waals surface area contributed by atoms with Crippen LogP contribution in [0.25, 0.3) is 21.7 Å². The van der Waals surface area contributed by atoms with Crippen LogP contribution >= 0.6 is 11.3 Å². The highest BCUT2D eigenvalue weighted by molar-refractivity contribution is 7.17. The molecule has 112 valence electrons. The summed E-state index contributed by atoms with van der Waals surface area (Å²) in [6, 6.07) is 5.78. The van der Waals surface area contributed by atoms with E-state index in [1.54, 1.807) is 17.6 Å². The van der Waals surface area contributed by atoms with E-state index in [9.17, 15) is 0 Å². The Bertz CT molecular complexity index is 663. The molecule has 3 aromatic heterocycles. The second-order valence-electron chi connectivity index (χ2n) is 4.04. The monoisotopic (exact) mass is 304 g/mol. The predicted molar refractivity (Wildman–Crippen MR) is 88.9 cm³/mol. The van der Waals surface area contributed by atoms with Crippen LogP contribution in [0.4, 0.5) is 5.95 Å². The van der Waals surface area contributed by atoms with E-state index in [1.165, 1.54) is 0 Å². The van der Waals surface area contributed by atoms with Crippen molar-refractivity contribution in [3.05, 3.63) is 29.8 Å². The van der Waals surface area contributed by atoms with Crippen LogP contribution < -0.4 is 10.6 Å². The van der Waals surface area contributed by atoms with Gasteiger partial charge in [-0.2, -0.15) is 0 Å². The first-order valence-electron chi connectivity index (χ1n) is 7.06. The summed E-state index contributed by atoms with van der Waals surface area (Å²) in [5, 5.41) is 8.30. The normalized spacial score (nSPS) is 10.2. The van der Waals surface area contributed by atoms with Crippen LogP contribution in [0.2, 0.25) is 0 Å². The Morgan fingerprint density at radius 3 is 2.76 bits per heavy atom. The van der Waals surface area contributed by atoms with Gasteiger partial charge in [-0.25, -0.2) is 9.97 Å². The fraction of sp³-hybridized carbons (Fsp3) is 0.333. The van der Waals surface area contributed by atoms with Crippen LogP contribution in [0.5, 0.6) is 0 Å². The molecule has 0 aliphatic rings. The summed E-state index contributed by atoms with van der Waals surface area (Å²) in [6.07, 6.45) is 1.66. The Balaban J connectivity index is 0.000000774. The first kappa shape index (κ1) is 15.5. The molecule has 0 aliphatic carbocycles. The van der Waals surface area contributed by atoms with Gasteiger partial charge in [0.2, 0.25) is 5.95 Å². The van der Waals surface area contributed by atoms with E-state index in [0.717, 1.165) is 34.8 Å². The van der Waals surface area contributed by atoms with Crippen molar-refractivity contribution in [2.24, 2.45) is 0 Å². The summed E-state index contributed by atoms with van der Waals surface area (Å²) in [5.41, 5.74) is 1.79. The highest BCUT2D eigenvalue weighted by Gasteiger charge is 2.12. The van der Waals surface area contributed by atoms with Gasteiger partial charge in [-0.15, -0.1) is 11.3 Å². The van der Waals surface area contributed by atoms with Crippen molar-refractivity contribution in [3.8, 4) is 11.5 Å². The van der Waals surface area contributed by atoms with Gasteiger partial charge in [0, 0.05) is 13.1 Å². The smallest absolute Gasteiger partial charge is 0.224 e. The molecule has 0 saturated carbocycles. The molecule has 0 radical (unpaired) electrons. The van der Waals surface area contributed by atoms with Crippen molar-refractivity contribution in [2.45, 2.75) is 13.8 Å². The molecule has 0 aliphatic heterocycles. The quantitative estimate of drug-likeness (QED) is 0.705. The number of anilines is 1. The van der Waals surface area contributed by atoms with Crippen LogP contribution in [-0.4, -0.2) is 30.1 Å². The highest BCUT2D eigenvalue weighted by Crippen LogP contribution is 2.31. The zero-order valence-electron chi connectivity index (χ0n) is 12.5. The molecule has 0 atom stereocenters. The second kappa shape index (κ2) is 7.75. The number of likely N-dealkylation sites (N-methyl/N-ethyl adjacent to an activating group) is 1. The number of furan rings is 1. The third kappa shape index (κ3) is 3.59. The van der Waals surface area contributed by atoms with E-state index >= 15 is 0 Å². The minimum absolute atomic E-state index is 0.632. The van der Waals surface area contributed by atoms with Crippen molar-refractivity contribution < 1.29 is 4.42 Å². The van der Waals surface area contributed by atoms with Gasteiger partial charge in [-0.05, 0) is 30.6 Å². The van der Waals surface area contributed by atoms with E-state index < -0.39 is 0 Å². The molecule has 0 saturated heterocycles. The summed E-state index contributed by atoms with van der Waals surface area (Å²) in [7, 11) is 1.92. The van der Waals surface area contributed by atoms with Crippen molar-refractivity contribution >= 4 is 27.5 Å². The molecular formula is C15H20N4OS. The molecule has 3 heterocycles. The summed E-state index contributed by atoms with van der Waals surface area (Å²) in [6.45, 7) is 5.64. The average Bonchev–Trinajstić information content (AvgIpc) is 3.20. The Labute approximate surface area is 128 Å². The van der Waals surface area contributed by atoms with E-state index in [2.05, 4.69) is 20.6 Å². The number of aromatic nitrogens is 2. The van der Waals surface area contributed by atoms with Crippen LogP contribution in [0, 0.1) is 0 Å². The molecule has 3 rings (SSSR count). The lowest BCUT2D eigenvalue weighted by Gasteiger charge is -2.06. The van der Waals surface area contributed by atoms with Gasteiger partial charge in [-0.1, -0.05) is 13.8 Å². The Morgan fingerprint density at radius 1 is 1.19 bits per heavy atom. The van der Waals surface area contributed by atoms with Crippen LogP contribution in [0.1, 0.15) is 13.8 Å². The van der Waals surface area contributed by atoms with Gasteiger partial charge in [0.25, 0.3) is 0 Å². The maximum atomic E-state index is 5.45. The van der Waals surface area contributed by atoms with Crippen molar-refractivity contribution in [3.63, 3.8) is 0 Å². The summed E-state index contributed by atoms with van der Waals surface area (Å²) in [5.74, 6) is 1.40. The van der Waals surface area contributed by atoms with Gasteiger partial charge >= 0.3 is 0 Å². The van der Waals surface area contributed by atoms with Gasteiger partial charge in [0.15, 0.2) is 5.76 Å². The second-order valence-corrected chi connectivity index (χ2v) is 4.95. The van der Waals surface area contributed by atoms with Gasteiger partial charge in [0.05, 0.1) is 16.5 Å². The Morgan fingerprint density at radius 2 is 2.05 bits per heavy atom. The maximum absolute atomic E-state index is 5.45. The first-order valence-corrected chi connectivity index (χ1v) is 7.94. The minimum Gasteiger partial charge on any atom is -0.463 e. The zero-order chi connectivity index (χ0) is 15.1. The molecule has 0 fully saturated rings. The first-order chi connectivity index (χ1) is 10.4. The van der Waals surface area contributed by atoms with Crippen LogP contribution in [0.3, 0.4) is 0 Å². The van der Waals surface area contributed by atoms with Crippen molar-refractivity contribution in [1.29, 1.82) is 0 Å². The molecule has 6 heteroatoms. The van der Waals surface area contributed by atoms with Gasteiger partial charge < -0.3 is 15.1 Å². The summed E-state index contributed by atoms with van der Waals surface area (Å²) < 4.78 is 6.50. The van der Waals surface area contributed by atoms with Gasteiger partial charge in [0.1, 0.15) is 5.69 Å². The van der Waals surface area contributed by atoms with Crippen molar-refractivity contribution in [1.82, 2.24) is 15.3 Å². The lowest BCUT2D eigenvalue weighted by Crippen LogP contribution is -2.18. The van der Waals surface area contributed by atoms with Gasteiger partial charge in [-0.3, -0.25) is 0 Å². The molecule has 2 N–H and O–H groups in total. The number of nitrogens with one attached hydrogen (secondary N) is 2. The Hall–Kier alpha value is -1.92. The van der Waals surface area contributed by atoms with E-state index in [1.807, 2.05) is 44.5 Å². The number of thiophene rings is 1. The largest absolute Gasteiger partial charge is 0.463 e. The summed E-state index contributed by atoms with van der Waals surface area (Å²) >= 11 is 1.62. The number of hydrogen-bond donors (Lipinski definition) is 2. The minimum atomic E-state index is 0.632. The SMILES string of the molecule is CC.CNCCNc1nc(-c2ccco2)c2sccc2n1. The number of nitrogens with zero attached hydrogens (tertiary/aromatic N) is 2. The summed E-state index contributed by atoms with van der Waals surface area (Å²) in [4.78, 5) is 9.05. The van der Waals surface area contributed by atoms with Crippen LogP contribution in [-0.2, 0) is 0 Å². The third-order valence-corrected chi connectivity index (χ3v) is 3.63. The predicted octanol–water partition coefficient (Wildman–Crippen LogP) is 3.61. The fourth-order valence-corrected chi connectivity index (χ4v) is 2.65. The number of hydrogen-bond acceptors (Lipinski definition) is 6. The lowest BCUT2D eigenvalue weighted by molar-refractivity contribution is 0.581. The van der Waals surface area contributed by atoms with Crippen molar-refractivity contribution in [2.75, 3.05) is 25.5 Å². The third-order valence-electron chi connectivity index (χ3n) is 2.72. The molecular weight excluding hydrogens is 284 g/mol. The molecule has 21 heavy (non-hydrogen) atoms. The number of fused-ring (bicyclic) bond motifs is 1. The topological polar surface area (TPSA) is 63.0 Å². The Kier molecular flexibility index (Phi) is 5.71. The highest BCUT2D eigenvalue weighted by atomic mass is 32.1. The molecule has 3 aromatic rings. The lowest BCUT2D eigenvalue weighted by atomic mass is 10.3.